The molecule has 6 heteroatoms. The van der Waals surface area contributed by atoms with Gasteiger partial charge in [0.2, 0.25) is 0 Å². The number of amides is 2. The molecule has 1 atom stereocenters. The Morgan fingerprint density at radius 1 is 1.10 bits per heavy atom. The highest BCUT2D eigenvalue weighted by Gasteiger charge is 2.21. The number of carbonyl (C=O) groups is 2. The fraction of sp³-hybridized carbons (Fsp3) is 0.391. The van der Waals surface area contributed by atoms with Crippen molar-refractivity contribution in [3.8, 4) is 5.75 Å². The molecule has 3 rings (SSSR count). The highest BCUT2D eigenvalue weighted by molar-refractivity contribution is 6.31. The Hall–Kier alpha value is -2.53. The minimum atomic E-state index is -0.731. The summed E-state index contributed by atoms with van der Waals surface area (Å²) in [5, 5.41) is 6.56. The first-order chi connectivity index (χ1) is 13.9. The third-order valence-corrected chi connectivity index (χ3v) is 5.61. The molecule has 1 saturated carbocycles. The summed E-state index contributed by atoms with van der Waals surface area (Å²) in [5.41, 5.74) is 1.82. The summed E-state index contributed by atoms with van der Waals surface area (Å²) in [6.45, 7) is 3.55. The lowest BCUT2D eigenvalue weighted by Crippen LogP contribution is -2.37. The predicted octanol–water partition coefficient (Wildman–Crippen LogP) is 5.12. The number of benzene rings is 2. The molecule has 0 bridgehead atoms. The van der Waals surface area contributed by atoms with Gasteiger partial charge in [0, 0.05) is 11.1 Å². The van der Waals surface area contributed by atoms with Gasteiger partial charge in [-0.2, -0.15) is 0 Å². The Labute approximate surface area is 176 Å². The first kappa shape index (κ1) is 21.2. The maximum absolute atomic E-state index is 12.7. The summed E-state index contributed by atoms with van der Waals surface area (Å²) >= 11 is 6.03. The van der Waals surface area contributed by atoms with E-state index < -0.39 is 6.10 Å². The van der Waals surface area contributed by atoms with E-state index in [-0.39, 0.29) is 17.9 Å². The van der Waals surface area contributed by atoms with Gasteiger partial charge in [-0.15, -0.1) is 0 Å². The minimum absolute atomic E-state index is 0.158. The lowest BCUT2D eigenvalue weighted by molar-refractivity contribution is -0.122. The third-order valence-electron chi connectivity index (χ3n) is 5.18. The topological polar surface area (TPSA) is 67.4 Å². The maximum atomic E-state index is 12.7. The zero-order valence-electron chi connectivity index (χ0n) is 16.8. The average Bonchev–Trinajstić information content (AvgIpc) is 2.71. The molecule has 0 heterocycles. The van der Waals surface area contributed by atoms with Gasteiger partial charge in [-0.3, -0.25) is 9.59 Å². The summed E-state index contributed by atoms with van der Waals surface area (Å²) < 4.78 is 5.73. The van der Waals surface area contributed by atoms with Crippen LogP contribution in [0.2, 0.25) is 5.02 Å². The molecule has 154 valence electrons. The van der Waals surface area contributed by atoms with E-state index in [9.17, 15) is 9.59 Å². The number of rotatable bonds is 6. The van der Waals surface area contributed by atoms with Crippen molar-refractivity contribution in [1.82, 2.24) is 5.32 Å². The number of hydrogen-bond donors (Lipinski definition) is 2. The van der Waals surface area contributed by atoms with Gasteiger partial charge in [0.25, 0.3) is 11.8 Å². The molecule has 2 aromatic carbocycles. The summed E-state index contributed by atoms with van der Waals surface area (Å²) in [4.78, 5) is 25.4. The second-order valence-electron chi connectivity index (χ2n) is 7.51. The van der Waals surface area contributed by atoms with Gasteiger partial charge < -0.3 is 15.4 Å². The second kappa shape index (κ2) is 9.79. The van der Waals surface area contributed by atoms with Crippen LogP contribution in [0.4, 0.5) is 5.69 Å². The number of carbonyl (C=O) groups excluding carboxylic acids is 2. The summed E-state index contributed by atoms with van der Waals surface area (Å²) in [7, 11) is 0. The molecular weight excluding hydrogens is 388 g/mol. The first-order valence-electron chi connectivity index (χ1n) is 10.1. The summed E-state index contributed by atoms with van der Waals surface area (Å²) in [6.07, 6.45) is 4.79. The fourth-order valence-electron chi connectivity index (χ4n) is 3.48. The van der Waals surface area contributed by atoms with E-state index in [1.807, 2.05) is 6.92 Å². The molecule has 29 heavy (non-hydrogen) atoms. The Morgan fingerprint density at radius 2 is 1.83 bits per heavy atom. The van der Waals surface area contributed by atoms with Crippen LogP contribution >= 0.6 is 11.6 Å². The van der Waals surface area contributed by atoms with E-state index in [1.54, 1.807) is 49.4 Å². The molecule has 0 saturated heterocycles. The molecule has 0 spiro atoms. The van der Waals surface area contributed by atoms with Gasteiger partial charge in [-0.05, 0) is 62.6 Å². The molecule has 0 aromatic heterocycles. The van der Waals surface area contributed by atoms with Gasteiger partial charge in [0.15, 0.2) is 6.10 Å². The largest absolute Gasteiger partial charge is 0.481 e. The van der Waals surface area contributed by atoms with Crippen LogP contribution < -0.4 is 15.4 Å². The molecule has 5 nitrogen and oxygen atoms in total. The van der Waals surface area contributed by atoms with E-state index in [4.69, 9.17) is 16.3 Å². The maximum Gasteiger partial charge on any atom is 0.265 e. The van der Waals surface area contributed by atoms with Crippen molar-refractivity contribution in [3.05, 3.63) is 58.6 Å². The van der Waals surface area contributed by atoms with Crippen LogP contribution in [0.25, 0.3) is 0 Å². The van der Waals surface area contributed by atoms with Crippen LogP contribution in [-0.4, -0.2) is 24.0 Å². The minimum Gasteiger partial charge on any atom is -0.481 e. The molecule has 2 aromatic rings. The molecule has 2 N–H and O–H groups in total. The number of aryl methyl sites for hydroxylation is 1. The molecular formula is C23H27ClN2O3. The van der Waals surface area contributed by atoms with Gasteiger partial charge in [-0.1, -0.05) is 43.0 Å². The van der Waals surface area contributed by atoms with Crippen molar-refractivity contribution in [2.24, 2.45) is 0 Å². The van der Waals surface area contributed by atoms with Crippen molar-refractivity contribution < 1.29 is 14.3 Å². The van der Waals surface area contributed by atoms with E-state index in [2.05, 4.69) is 10.6 Å². The van der Waals surface area contributed by atoms with Gasteiger partial charge in [0.1, 0.15) is 5.75 Å². The van der Waals surface area contributed by atoms with E-state index >= 15 is 0 Å². The zero-order chi connectivity index (χ0) is 20.8. The fourth-order valence-corrected chi connectivity index (χ4v) is 3.60. The highest BCUT2D eigenvalue weighted by atomic mass is 35.5. The highest BCUT2D eigenvalue weighted by Crippen LogP contribution is 2.23. The van der Waals surface area contributed by atoms with Crippen molar-refractivity contribution >= 4 is 29.1 Å². The number of nitrogens with one attached hydrogen (secondary N) is 2. The third kappa shape index (κ3) is 5.73. The van der Waals surface area contributed by atoms with E-state index in [0.29, 0.717) is 22.0 Å². The number of halogens is 1. The molecule has 2 amide bonds. The molecule has 1 aliphatic rings. The van der Waals surface area contributed by atoms with Crippen molar-refractivity contribution in [3.63, 3.8) is 0 Å². The number of ether oxygens (including phenoxy) is 1. The van der Waals surface area contributed by atoms with E-state index in [0.717, 1.165) is 31.2 Å². The van der Waals surface area contributed by atoms with Crippen molar-refractivity contribution in [2.45, 2.75) is 58.1 Å². The zero-order valence-corrected chi connectivity index (χ0v) is 17.6. The monoisotopic (exact) mass is 414 g/mol. The smallest absolute Gasteiger partial charge is 0.265 e. The average molecular weight is 415 g/mol. The summed E-state index contributed by atoms with van der Waals surface area (Å²) in [5.74, 6) is 0.0862. The Morgan fingerprint density at radius 3 is 2.55 bits per heavy atom. The molecule has 1 aliphatic carbocycles. The van der Waals surface area contributed by atoms with Crippen LogP contribution in [0.15, 0.2) is 42.5 Å². The predicted molar refractivity (Wildman–Crippen MR) is 116 cm³/mol. The normalized spacial score (nSPS) is 15.4. The van der Waals surface area contributed by atoms with Crippen LogP contribution in [0.3, 0.4) is 0 Å². The lowest BCUT2D eigenvalue weighted by atomic mass is 9.95. The second-order valence-corrected chi connectivity index (χ2v) is 7.92. The molecule has 0 unspecified atom stereocenters. The molecule has 1 fully saturated rings. The van der Waals surface area contributed by atoms with E-state index in [1.165, 1.54) is 6.42 Å². The van der Waals surface area contributed by atoms with Crippen LogP contribution in [0, 0.1) is 6.92 Å². The number of hydrogen-bond acceptors (Lipinski definition) is 3. The van der Waals surface area contributed by atoms with Crippen LogP contribution in [0.1, 0.15) is 54.9 Å². The number of para-hydroxylation sites is 1. The standard InChI is InChI=1S/C23H27ClN2O3/c1-15-14-18(12-13-20(15)24)29-16(2)22(27)26-21-11-7-6-10-19(21)23(28)25-17-8-4-3-5-9-17/h6-7,10-14,16-17H,3-5,8-9H2,1-2H3,(H,25,28)(H,26,27)/t16-/m0/s1. The van der Waals surface area contributed by atoms with Gasteiger partial charge in [0.05, 0.1) is 11.3 Å². The van der Waals surface area contributed by atoms with Crippen molar-refractivity contribution in [2.75, 3.05) is 5.32 Å². The van der Waals surface area contributed by atoms with Gasteiger partial charge in [-0.25, -0.2) is 0 Å². The lowest BCUT2D eigenvalue weighted by Gasteiger charge is -2.23. The quantitative estimate of drug-likeness (QED) is 0.689. The molecule has 0 radical (unpaired) electrons. The van der Waals surface area contributed by atoms with Crippen LogP contribution in [0.5, 0.6) is 5.75 Å². The van der Waals surface area contributed by atoms with Gasteiger partial charge >= 0.3 is 0 Å². The Balaban J connectivity index is 1.65. The Kier molecular flexibility index (Phi) is 7.15. The molecule has 0 aliphatic heterocycles. The summed E-state index contributed by atoms with van der Waals surface area (Å²) in [6, 6.07) is 12.5. The SMILES string of the molecule is Cc1cc(O[C@@H](C)C(=O)Nc2ccccc2C(=O)NC2CCCCC2)ccc1Cl. The number of anilines is 1. The Bertz CT molecular complexity index is 878. The van der Waals surface area contributed by atoms with Crippen LogP contribution in [-0.2, 0) is 4.79 Å². The van der Waals surface area contributed by atoms with Crippen molar-refractivity contribution in [1.29, 1.82) is 0 Å². The first-order valence-corrected chi connectivity index (χ1v) is 10.5.